The molecule has 0 spiro atoms. The molecule has 2 N–H and O–H groups in total. The molecule has 0 radical (unpaired) electrons. The summed E-state index contributed by atoms with van der Waals surface area (Å²) < 4.78 is 28.1. The summed E-state index contributed by atoms with van der Waals surface area (Å²) in [5, 5.41) is 10.7. The highest BCUT2D eigenvalue weighted by molar-refractivity contribution is 7.91. The van der Waals surface area contributed by atoms with Gasteiger partial charge in [0.1, 0.15) is 0 Å². The van der Waals surface area contributed by atoms with Crippen LogP contribution in [0.3, 0.4) is 0 Å². The van der Waals surface area contributed by atoms with E-state index in [2.05, 4.69) is 32.1 Å². The fraction of sp³-hybridized carbons (Fsp3) is 0.348. The molecule has 1 amide bonds. The maximum Gasteiger partial charge on any atom is 0.270 e. The molecule has 3 aromatic rings. The minimum atomic E-state index is -3.91. The van der Waals surface area contributed by atoms with Crippen molar-refractivity contribution in [1.29, 1.82) is 0 Å². The molecule has 1 saturated heterocycles. The van der Waals surface area contributed by atoms with Gasteiger partial charge in [-0.1, -0.05) is 42.0 Å². The number of benzene rings is 2. The molecule has 1 aliphatic heterocycles. The van der Waals surface area contributed by atoms with Crippen LogP contribution < -0.4 is 14.9 Å². The van der Waals surface area contributed by atoms with Gasteiger partial charge in [0.2, 0.25) is 9.47 Å². The number of carbonyl (C=O) groups excluding carboxylic acids is 1. The molecule has 11 heteroatoms. The zero-order chi connectivity index (χ0) is 24.3. The van der Waals surface area contributed by atoms with Crippen molar-refractivity contribution in [2.24, 2.45) is 5.92 Å². The Morgan fingerprint density at radius 2 is 1.74 bits per heavy atom. The Kier molecular flexibility index (Phi) is 7.51. The van der Waals surface area contributed by atoms with E-state index in [0.29, 0.717) is 10.6 Å². The Balaban J connectivity index is 1.38. The Bertz CT molecular complexity index is 1240. The number of nitrogens with one attached hydrogen (secondary N) is 2. The number of hydrogen-bond donors (Lipinski definition) is 2. The lowest BCUT2D eigenvalue weighted by atomic mass is 9.98. The second kappa shape index (κ2) is 10.4. The third kappa shape index (κ3) is 5.93. The van der Waals surface area contributed by atoms with Gasteiger partial charge in [-0.2, -0.15) is 0 Å². The number of rotatable bonds is 7. The maximum atomic E-state index is 12.8. The summed E-state index contributed by atoms with van der Waals surface area (Å²) in [5.74, 6) is 0.331. The number of carbonyl (C=O) groups is 1. The lowest BCUT2D eigenvalue weighted by Crippen LogP contribution is -2.32. The van der Waals surface area contributed by atoms with Crippen molar-refractivity contribution < 1.29 is 13.2 Å². The van der Waals surface area contributed by atoms with E-state index in [0.717, 1.165) is 41.6 Å². The summed E-state index contributed by atoms with van der Waals surface area (Å²) in [6.45, 7) is 6.13. The molecule has 1 atom stereocenters. The first-order valence-corrected chi connectivity index (χ1v) is 13.7. The van der Waals surface area contributed by atoms with E-state index < -0.39 is 22.0 Å². The smallest absolute Gasteiger partial charge is 0.270 e. The second-order valence-corrected chi connectivity index (χ2v) is 11.7. The average molecular weight is 520 g/mol. The first kappa shape index (κ1) is 24.6. The van der Waals surface area contributed by atoms with Gasteiger partial charge >= 0.3 is 0 Å². The van der Waals surface area contributed by atoms with E-state index in [9.17, 15) is 13.2 Å². The normalized spacial score (nSPS) is 15.8. The van der Waals surface area contributed by atoms with E-state index in [4.69, 9.17) is 11.6 Å². The standard InChI is InChI=1S/C23H26ClN5O3S2/c1-15-11-13-29(14-12-15)20-9-5-17(6-10-20)16(2)28-34(31,32)23-27-26-22(33-23)25-21(30)18-3-7-19(24)8-4-18/h3-10,15-16,28H,11-14H2,1-2H3,(H,25,26,30). The molecule has 0 bridgehead atoms. The van der Waals surface area contributed by atoms with Crippen LogP contribution in [0, 0.1) is 5.92 Å². The molecule has 0 saturated carbocycles. The first-order valence-electron chi connectivity index (χ1n) is 11.0. The van der Waals surface area contributed by atoms with Crippen molar-refractivity contribution in [3.63, 3.8) is 0 Å². The SMILES string of the molecule is CC1CCN(c2ccc(C(C)NS(=O)(=O)c3nnc(NC(=O)c4ccc(Cl)cc4)s3)cc2)CC1. The molecule has 1 unspecified atom stereocenters. The molecule has 1 fully saturated rings. The van der Waals surface area contributed by atoms with Gasteiger partial charge in [-0.3, -0.25) is 10.1 Å². The van der Waals surface area contributed by atoms with Crippen molar-refractivity contribution in [2.75, 3.05) is 23.3 Å². The van der Waals surface area contributed by atoms with E-state index in [1.54, 1.807) is 31.2 Å². The summed E-state index contributed by atoms with van der Waals surface area (Å²) in [7, 11) is -3.91. The van der Waals surface area contributed by atoms with Gasteiger partial charge in [-0.25, -0.2) is 13.1 Å². The van der Waals surface area contributed by atoms with Crippen molar-refractivity contribution >= 4 is 49.7 Å². The Morgan fingerprint density at radius 3 is 2.38 bits per heavy atom. The lowest BCUT2D eigenvalue weighted by molar-refractivity contribution is 0.102. The highest BCUT2D eigenvalue weighted by Gasteiger charge is 2.24. The minimum Gasteiger partial charge on any atom is -0.372 e. The Labute approximate surface area is 208 Å². The number of aromatic nitrogens is 2. The molecule has 1 aliphatic rings. The number of sulfonamides is 1. The van der Waals surface area contributed by atoms with Crippen molar-refractivity contribution in [2.45, 2.75) is 37.1 Å². The predicted molar refractivity (Wildman–Crippen MR) is 135 cm³/mol. The Morgan fingerprint density at radius 1 is 1.09 bits per heavy atom. The Hall–Kier alpha value is -2.53. The van der Waals surface area contributed by atoms with Crippen LogP contribution in [-0.2, 0) is 10.0 Å². The van der Waals surface area contributed by atoms with E-state index in [-0.39, 0.29) is 9.47 Å². The van der Waals surface area contributed by atoms with Gasteiger partial charge in [-0.15, -0.1) is 10.2 Å². The molecule has 34 heavy (non-hydrogen) atoms. The summed E-state index contributed by atoms with van der Waals surface area (Å²) in [5.41, 5.74) is 2.37. The largest absolute Gasteiger partial charge is 0.372 e. The zero-order valence-electron chi connectivity index (χ0n) is 18.9. The van der Waals surface area contributed by atoms with Crippen LogP contribution in [0.15, 0.2) is 52.9 Å². The van der Waals surface area contributed by atoms with Crippen molar-refractivity contribution in [3.05, 3.63) is 64.7 Å². The van der Waals surface area contributed by atoms with Crippen molar-refractivity contribution in [1.82, 2.24) is 14.9 Å². The molecule has 1 aromatic heterocycles. The van der Waals surface area contributed by atoms with Gasteiger partial charge in [0.25, 0.3) is 15.9 Å². The quantitative estimate of drug-likeness (QED) is 0.438. The molecular formula is C23H26ClN5O3S2. The van der Waals surface area contributed by atoms with Crippen LogP contribution in [0.5, 0.6) is 0 Å². The number of piperidine rings is 1. The predicted octanol–water partition coefficient (Wildman–Crippen LogP) is 4.72. The van der Waals surface area contributed by atoms with E-state index in [1.165, 1.54) is 12.8 Å². The molecule has 8 nitrogen and oxygen atoms in total. The number of nitrogens with zero attached hydrogens (tertiary/aromatic N) is 3. The van der Waals surface area contributed by atoms with Crippen LogP contribution in [-0.4, -0.2) is 37.6 Å². The summed E-state index contributed by atoms with van der Waals surface area (Å²) >= 11 is 6.62. The van der Waals surface area contributed by atoms with Gasteiger partial charge in [0, 0.05) is 35.4 Å². The van der Waals surface area contributed by atoms with E-state index >= 15 is 0 Å². The molecule has 0 aliphatic carbocycles. The second-order valence-electron chi connectivity index (χ2n) is 8.44. The first-order chi connectivity index (χ1) is 16.2. The summed E-state index contributed by atoms with van der Waals surface area (Å²) in [6.07, 6.45) is 2.36. The lowest BCUT2D eigenvalue weighted by Gasteiger charge is -2.32. The van der Waals surface area contributed by atoms with E-state index in [1.807, 2.05) is 24.3 Å². The van der Waals surface area contributed by atoms with Crippen LogP contribution in [0.25, 0.3) is 0 Å². The molecule has 2 heterocycles. The maximum absolute atomic E-state index is 12.8. The molecule has 180 valence electrons. The molecule has 4 rings (SSSR count). The van der Waals surface area contributed by atoms with Crippen LogP contribution in [0.2, 0.25) is 5.02 Å². The van der Waals surface area contributed by atoms with Gasteiger partial charge in [0.15, 0.2) is 0 Å². The average Bonchev–Trinajstić information content (AvgIpc) is 3.29. The number of halogens is 1. The monoisotopic (exact) mass is 519 g/mol. The van der Waals surface area contributed by atoms with Gasteiger partial charge in [-0.05, 0) is 67.6 Å². The topological polar surface area (TPSA) is 104 Å². The summed E-state index contributed by atoms with van der Waals surface area (Å²) in [6, 6.07) is 13.8. The minimum absolute atomic E-state index is 0.0909. The van der Waals surface area contributed by atoms with Crippen LogP contribution >= 0.6 is 22.9 Å². The zero-order valence-corrected chi connectivity index (χ0v) is 21.3. The fourth-order valence-corrected chi connectivity index (χ4v) is 6.00. The van der Waals surface area contributed by atoms with Crippen LogP contribution in [0.1, 0.15) is 48.7 Å². The fourth-order valence-electron chi connectivity index (χ4n) is 3.73. The number of amides is 1. The van der Waals surface area contributed by atoms with Gasteiger partial charge < -0.3 is 4.90 Å². The van der Waals surface area contributed by atoms with Crippen LogP contribution in [0.4, 0.5) is 10.8 Å². The van der Waals surface area contributed by atoms with Crippen molar-refractivity contribution in [3.8, 4) is 0 Å². The highest BCUT2D eigenvalue weighted by Crippen LogP contribution is 2.26. The summed E-state index contributed by atoms with van der Waals surface area (Å²) in [4.78, 5) is 14.7. The third-order valence-corrected chi connectivity index (χ3v) is 8.84. The molecule has 2 aromatic carbocycles. The number of anilines is 2. The van der Waals surface area contributed by atoms with Gasteiger partial charge in [0.05, 0.1) is 0 Å². The number of hydrogen-bond acceptors (Lipinski definition) is 7. The highest BCUT2D eigenvalue weighted by atomic mass is 35.5. The third-order valence-electron chi connectivity index (χ3n) is 5.84. The molecular weight excluding hydrogens is 494 g/mol.